The molecule has 0 atom stereocenters. The highest BCUT2D eigenvalue weighted by molar-refractivity contribution is 6.31. The van der Waals surface area contributed by atoms with Gasteiger partial charge in [0.25, 0.3) is 5.91 Å². The summed E-state index contributed by atoms with van der Waals surface area (Å²) in [6.45, 7) is 7.67. The van der Waals surface area contributed by atoms with Gasteiger partial charge >= 0.3 is 5.97 Å². The summed E-state index contributed by atoms with van der Waals surface area (Å²) in [7, 11) is 0. The first kappa shape index (κ1) is 16.5. The second kappa shape index (κ2) is 6.27. The third-order valence-corrected chi connectivity index (χ3v) is 3.43. The Labute approximate surface area is 124 Å². The fourth-order valence-electron chi connectivity index (χ4n) is 1.83. The molecule has 1 N–H and O–H groups in total. The average molecular weight is 298 g/mol. The highest BCUT2D eigenvalue weighted by Crippen LogP contribution is 2.22. The van der Waals surface area contributed by atoms with Crippen LogP contribution in [0.5, 0.6) is 0 Å². The molecule has 0 aliphatic carbocycles. The zero-order valence-corrected chi connectivity index (χ0v) is 13.0. The van der Waals surface area contributed by atoms with E-state index in [4.69, 9.17) is 16.7 Å². The van der Waals surface area contributed by atoms with E-state index >= 15 is 0 Å². The summed E-state index contributed by atoms with van der Waals surface area (Å²) in [5.41, 5.74) is 0.918. The van der Waals surface area contributed by atoms with Crippen LogP contribution in [0.3, 0.4) is 0 Å². The van der Waals surface area contributed by atoms with Crippen LogP contribution < -0.4 is 0 Å². The highest BCUT2D eigenvalue weighted by atomic mass is 35.5. The lowest BCUT2D eigenvalue weighted by atomic mass is 10.0. The van der Waals surface area contributed by atoms with Gasteiger partial charge in [0.15, 0.2) is 0 Å². The molecule has 0 spiro atoms. The van der Waals surface area contributed by atoms with Crippen molar-refractivity contribution >= 4 is 23.5 Å². The summed E-state index contributed by atoms with van der Waals surface area (Å²) in [4.78, 5) is 24.8. The molecule has 1 aromatic rings. The van der Waals surface area contributed by atoms with E-state index in [0.717, 1.165) is 5.56 Å². The number of carboxylic acids is 1. The molecular formula is C15H20ClNO3. The van der Waals surface area contributed by atoms with Crippen LogP contribution in [0.2, 0.25) is 5.02 Å². The summed E-state index contributed by atoms with van der Waals surface area (Å²) in [6.07, 6.45) is -0.0808. The molecule has 5 heteroatoms. The largest absolute Gasteiger partial charge is 0.481 e. The summed E-state index contributed by atoms with van der Waals surface area (Å²) in [5.74, 6) is -1.13. The third-order valence-electron chi connectivity index (χ3n) is 3.02. The van der Waals surface area contributed by atoms with Crippen LogP contribution in [0.1, 0.15) is 43.1 Å². The minimum atomic E-state index is -0.922. The topological polar surface area (TPSA) is 57.6 Å². The number of nitrogens with zero attached hydrogens (tertiary/aromatic N) is 1. The molecule has 0 saturated heterocycles. The number of carbonyl (C=O) groups excluding carboxylic acids is 1. The van der Waals surface area contributed by atoms with Crippen molar-refractivity contribution in [3.05, 3.63) is 34.3 Å². The standard InChI is InChI=1S/C15H20ClNO3/c1-10-5-6-11(9-12(10)16)14(20)17(15(2,3)4)8-7-13(18)19/h5-6,9H,7-8H2,1-4H3,(H,18,19). The molecule has 1 rings (SSSR count). The lowest BCUT2D eigenvalue weighted by Crippen LogP contribution is -2.46. The van der Waals surface area contributed by atoms with Crippen LogP contribution in [-0.2, 0) is 4.79 Å². The molecule has 4 nitrogen and oxygen atoms in total. The normalized spacial score (nSPS) is 11.2. The Balaban J connectivity index is 3.03. The monoisotopic (exact) mass is 297 g/mol. The molecule has 1 amide bonds. The Morgan fingerprint density at radius 3 is 2.35 bits per heavy atom. The van der Waals surface area contributed by atoms with E-state index < -0.39 is 11.5 Å². The van der Waals surface area contributed by atoms with Crippen molar-refractivity contribution < 1.29 is 14.7 Å². The second-order valence-corrected chi connectivity index (χ2v) is 6.14. The molecule has 110 valence electrons. The SMILES string of the molecule is Cc1ccc(C(=O)N(CCC(=O)O)C(C)(C)C)cc1Cl. The van der Waals surface area contributed by atoms with Crippen molar-refractivity contribution in [3.8, 4) is 0 Å². The van der Waals surface area contributed by atoms with Gasteiger partial charge in [-0.15, -0.1) is 0 Å². The van der Waals surface area contributed by atoms with Gasteiger partial charge in [0.2, 0.25) is 0 Å². The Kier molecular flexibility index (Phi) is 5.17. The van der Waals surface area contributed by atoms with E-state index in [-0.39, 0.29) is 18.9 Å². The molecule has 0 fully saturated rings. The molecule has 0 aliphatic heterocycles. The summed E-state index contributed by atoms with van der Waals surface area (Å²) >= 11 is 6.04. The first-order valence-electron chi connectivity index (χ1n) is 6.43. The highest BCUT2D eigenvalue weighted by Gasteiger charge is 2.27. The molecule has 0 unspecified atom stereocenters. The number of hydrogen-bond acceptors (Lipinski definition) is 2. The number of aryl methyl sites for hydroxylation is 1. The van der Waals surface area contributed by atoms with E-state index in [1.807, 2.05) is 27.7 Å². The van der Waals surface area contributed by atoms with E-state index in [1.54, 1.807) is 23.1 Å². The predicted molar refractivity (Wildman–Crippen MR) is 79.2 cm³/mol. The molecule has 0 aliphatic rings. The number of hydrogen-bond donors (Lipinski definition) is 1. The molecule has 0 heterocycles. The van der Waals surface area contributed by atoms with E-state index in [1.165, 1.54) is 0 Å². The minimum Gasteiger partial charge on any atom is -0.481 e. The Morgan fingerprint density at radius 2 is 1.90 bits per heavy atom. The number of carbonyl (C=O) groups is 2. The van der Waals surface area contributed by atoms with Gasteiger partial charge in [-0.25, -0.2) is 0 Å². The minimum absolute atomic E-state index is 0.0808. The van der Waals surface area contributed by atoms with Crippen molar-refractivity contribution in [2.24, 2.45) is 0 Å². The molecule has 20 heavy (non-hydrogen) atoms. The van der Waals surface area contributed by atoms with Crippen LogP contribution in [0.15, 0.2) is 18.2 Å². The quantitative estimate of drug-likeness (QED) is 0.927. The fraction of sp³-hybridized carbons (Fsp3) is 0.467. The average Bonchev–Trinajstić information content (AvgIpc) is 2.30. The number of carboxylic acid groups (broad SMARTS) is 1. The first-order valence-corrected chi connectivity index (χ1v) is 6.80. The molecule has 0 bridgehead atoms. The van der Waals surface area contributed by atoms with Crippen LogP contribution in [0, 0.1) is 6.92 Å². The number of amides is 1. The van der Waals surface area contributed by atoms with Crippen molar-refractivity contribution in [3.63, 3.8) is 0 Å². The zero-order chi connectivity index (χ0) is 15.5. The van der Waals surface area contributed by atoms with Crippen LogP contribution >= 0.6 is 11.6 Å². The molecule has 1 aromatic carbocycles. The van der Waals surface area contributed by atoms with Crippen LogP contribution in [0.25, 0.3) is 0 Å². The summed E-state index contributed by atoms with van der Waals surface area (Å²) in [5, 5.41) is 9.33. The van der Waals surface area contributed by atoms with Gasteiger partial charge in [-0.2, -0.15) is 0 Å². The Bertz CT molecular complexity index is 520. The molecular weight excluding hydrogens is 278 g/mol. The van der Waals surface area contributed by atoms with Crippen molar-refractivity contribution in [2.75, 3.05) is 6.54 Å². The van der Waals surface area contributed by atoms with Gasteiger partial charge in [-0.05, 0) is 45.4 Å². The predicted octanol–water partition coefficient (Wildman–Crippen LogP) is 3.36. The Hall–Kier alpha value is -1.55. The lowest BCUT2D eigenvalue weighted by molar-refractivity contribution is -0.137. The van der Waals surface area contributed by atoms with Crippen LogP contribution in [-0.4, -0.2) is 34.0 Å². The molecule has 0 aromatic heterocycles. The summed E-state index contributed by atoms with van der Waals surface area (Å²) < 4.78 is 0. The van der Waals surface area contributed by atoms with Crippen LogP contribution in [0.4, 0.5) is 0 Å². The van der Waals surface area contributed by atoms with Gasteiger partial charge in [-0.3, -0.25) is 9.59 Å². The van der Waals surface area contributed by atoms with E-state index in [9.17, 15) is 9.59 Å². The van der Waals surface area contributed by atoms with Crippen molar-refractivity contribution in [1.29, 1.82) is 0 Å². The third kappa shape index (κ3) is 4.23. The van der Waals surface area contributed by atoms with Crippen molar-refractivity contribution in [2.45, 2.75) is 39.7 Å². The Morgan fingerprint density at radius 1 is 1.30 bits per heavy atom. The lowest BCUT2D eigenvalue weighted by Gasteiger charge is -2.35. The first-order chi connectivity index (χ1) is 9.12. The van der Waals surface area contributed by atoms with Gasteiger partial charge in [0.05, 0.1) is 6.42 Å². The van der Waals surface area contributed by atoms with Gasteiger partial charge in [0, 0.05) is 22.7 Å². The number of rotatable bonds is 4. The maximum atomic E-state index is 12.5. The van der Waals surface area contributed by atoms with Crippen molar-refractivity contribution in [1.82, 2.24) is 4.90 Å². The maximum absolute atomic E-state index is 12.5. The smallest absolute Gasteiger partial charge is 0.305 e. The zero-order valence-electron chi connectivity index (χ0n) is 12.2. The number of halogens is 1. The molecule has 0 saturated carbocycles. The maximum Gasteiger partial charge on any atom is 0.305 e. The fourth-order valence-corrected chi connectivity index (χ4v) is 2.01. The van der Waals surface area contributed by atoms with Gasteiger partial charge in [-0.1, -0.05) is 17.7 Å². The number of benzene rings is 1. The van der Waals surface area contributed by atoms with Gasteiger partial charge < -0.3 is 10.0 Å². The summed E-state index contributed by atoms with van der Waals surface area (Å²) in [6, 6.07) is 5.12. The second-order valence-electron chi connectivity index (χ2n) is 5.74. The van der Waals surface area contributed by atoms with E-state index in [0.29, 0.717) is 10.6 Å². The number of aliphatic carboxylic acids is 1. The molecule has 0 radical (unpaired) electrons. The van der Waals surface area contributed by atoms with E-state index in [2.05, 4.69) is 0 Å². The van der Waals surface area contributed by atoms with Gasteiger partial charge in [0.1, 0.15) is 0 Å².